The molecule has 1 unspecified atom stereocenters. The second kappa shape index (κ2) is 7.03. The standard InChI is InChI=1S/C17H15BrFN7O/c1-9-7-26(17(27)23-11-3-6-20-15(18)12(11)19)8-10-13(9)24-25-14(10)16-21-4-2-5-22-16/h2-6,9H,7-8H2,1H3,(H,24,25)(H,20,23,27). The number of urea groups is 1. The molecule has 2 N–H and O–H groups in total. The summed E-state index contributed by atoms with van der Waals surface area (Å²) in [5, 5.41) is 9.96. The van der Waals surface area contributed by atoms with Gasteiger partial charge in [-0.3, -0.25) is 5.10 Å². The van der Waals surface area contributed by atoms with Crippen molar-refractivity contribution in [2.45, 2.75) is 19.4 Å². The highest BCUT2D eigenvalue weighted by Gasteiger charge is 2.31. The van der Waals surface area contributed by atoms with E-state index in [4.69, 9.17) is 0 Å². The van der Waals surface area contributed by atoms with E-state index in [1.165, 1.54) is 12.3 Å². The van der Waals surface area contributed by atoms with Crippen LogP contribution in [0.25, 0.3) is 11.5 Å². The topological polar surface area (TPSA) is 99.7 Å². The second-order valence-electron chi connectivity index (χ2n) is 6.21. The number of anilines is 1. The largest absolute Gasteiger partial charge is 0.322 e. The zero-order chi connectivity index (χ0) is 19.0. The summed E-state index contributed by atoms with van der Waals surface area (Å²) in [6, 6.07) is 2.75. The van der Waals surface area contributed by atoms with Gasteiger partial charge >= 0.3 is 6.03 Å². The summed E-state index contributed by atoms with van der Waals surface area (Å²) < 4.78 is 14.2. The molecule has 0 saturated heterocycles. The zero-order valence-corrected chi connectivity index (χ0v) is 15.9. The lowest BCUT2D eigenvalue weighted by Gasteiger charge is -2.30. The number of hydrogen-bond donors (Lipinski definition) is 2. The molecule has 2 amide bonds. The number of halogens is 2. The first kappa shape index (κ1) is 17.5. The molecule has 10 heteroatoms. The maximum absolute atomic E-state index is 14.1. The van der Waals surface area contributed by atoms with Crippen LogP contribution in [-0.2, 0) is 6.54 Å². The summed E-state index contributed by atoms with van der Waals surface area (Å²) >= 11 is 3.02. The van der Waals surface area contributed by atoms with Crippen molar-refractivity contribution in [3.05, 3.63) is 52.4 Å². The van der Waals surface area contributed by atoms with Gasteiger partial charge in [0.05, 0.1) is 17.9 Å². The van der Waals surface area contributed by atoms with E-state index in [1.54, 1.807) is 23.4 Å². The molecule has 1 aliphatic rings. The van der Waals surface area contributed by atoms with Gasteiger partial charge in [-0.1, -0.05) is 6.92 Å². The van der Waals surface area contributed by atoms with Gasteiger partial charge < -0.3 is 10.2 Å². The minimum absolute atomic E-state index is 0.0160. The highest BCUT2D eigenvalue weighted by Crippen LogP contribution is 2.32. The minimum atomic E-state index is -0.613. The van der Waals surface area contributed by atoms with Gasteiger partial charge in [0.2, 0.25) is 0 Å². The smallest absolute Gasteiger partial charge is 0.319 e. The molecule has 0 bridgehead atoms. The van der Waals surface area contributed by atoms with Crippen LogP contribution in [0.5, 0.6) is 0 Å². The molecule has 1 aliphatic heterocycles. The van der Waals surface area contributed by atoms with Crippen LogP contribution in [0.4, 0.5) is 14.9 Å². The van der Waals surface area contributed by atoms with E-state index in [1.807, 2.05) is 6.92 Å². The van der Waals surface area contributed by atoms with Crippen LogP contribution in [0.3, 0.4) is 0 Å². The highest BCUT2D eigenvalue weighted by molar-refractivity contribution is 9.10. The summed E-state index contributed by atoms with van der Waals surface area (Å²) in [5.74, 6) is -0.0784. The number of nitrogens with zero attached hydrogens (tertiary/aromatic N) is 5. The molecule has 3 aromatic rings. The molecule has 3 aromatic heterocycles. The second-order valence-corrected chi connectivity index (χ2v) is 6.96. The number of carbonyl (C=O) groups is 1. The summed E-state index contributed by atoms with van der Waals surface area (Å²) in [4.78, 5) is 26.6. The Labute approximate surface area is 162 Å². The summed E-state index contributed by atoms with van der Waals surface area (Å²) in [5.41, 5.74) is 2.51. The van der Waals surface area contributed by atoms with Crippen molar-refractivity contribution in [2.75, 3.05) is 11.9 Å². The quantitative estimate of drug-likeness (QED) is 0.606. The van der Waals surface area contributed by atoms with E-state index < -0.39 is 11.8 Å². The number of H-pyrrole nitrogens is 1. The predicted molar refractivity (Wildman–Crippen MR) is 99.4 cm³/mol. The van der Waals surface area contributed by atoms with E-state index in [-0.39, 0.29) is 16.2 Å². The molecule has 4 heterocycles. The van der Waals surface area contributed by atoms with Gasteiger partial charge in [0.1, 0.15) is 10.3 Å². The van der Waals surface area contributed by atoms with Crippen molar-refractivity contribution in [3.63, 3.8) is 0 Å². The van der Waals surface area contributed by atoms with Crippen molar-refractivity contribution in [1.29, 1.82) is 0 Å². The first-order chi connectivity index (χ1) is 13.0. The molecular weight excluding hydrogens is 417 g/mol. The van der Waals surface area contributed by atoms with Crippen molar-refractivity contribution in [2.24, 2.45) is 0 Å². The Balaban J connectivity index is 1.60. The number of pyridine rings is 1. The number of rotatable bonds is 2. The van der Waals surface area contributed by atoms with Gasteiger partial charge in [-0.2, -0.15) is 5.10 Å². The summed E-state index contributed by atoms with van der Waals surface area (Å²) in [6.07, 6.45) is 4.72. The molecule has 0 aliphatic carbocycles. The van der Waals surface area contributed by atoms with Crippen LogP contribution in [0, 0.1) is 5.82 Å². The number of nitrogens with one attached hydrogen (secondary N) is 2. The predicted octanol–water partition coefficient (Wildman–Crippen LogP) is 3.31. The minimum Gasteiger partial charge on any atom is -0.319 e. The molecule has 0 fully saturated rings. The van der Waals surface area contributed by atoms with E-state index in [2.05, 4.69) is 46.4 Å². The number of carbonyl (C=O) groups excluding carboxylic acids is 1. The molecule has 1 atom stereocenters. The van der Waals surface area contributed by atoms with Gasteiger partial charge in [-0.05, 0) is 28.1 Å². The van der Waals surface area contributed by atoms with Gasteiger partial charge in [0, 0.05) is 36.6 Å². The highest BCUT2D eigenvalue weighted by atomic mass is 79.9. The Hall–Kier alpha value is -2.88. The Morgan fingerprint density at radius 1 is 1.33 bits per heavy atom. The number of aromatic nitrogens is 5. The lowest BCUT2D eigenvalue weighted by Crippen LogP contribution is -2.40. The Morgan fingerprint density at radius 2 is 2.11 bits per heavy atom. The number of hydrogen-bond acceptors (Lipinski definition) is 5. The third-order valence-electron chi connectivity index (χ3n) is 4.37. The van der Waals surface area contributed by atoms with Gasteiger partial charge in [0.15, 0.2) is 11.6 Å². The fourth-order valence-electron chi connectivity index (χ4n) is 3.10. The maximum Gasteiger partial charge on any atom is 0.322 e. The van der Waals surface area contributed by atoms with Crippen LogP contribution in [0.2, 0.25) is 0 Å². The maximum atomic E-state index is 14.1. The van der Waals surface area contributed by atoms with Crippen molar-refractivity contribution in [1.82, 2.24) is 30.0 Å². The van der Waals surface area contributed by atoms with Crippen LogP contribution in [0.1, 0.15) is 24.1 Å². The third-order valence-corrected chi connectivity index (χ3v) is 4.93. The lowest BCUT2D eigenvalue weighted by atomic mass is 9.96. The molecule has 27 heavy (non-hydrogen) atoms. The van der Waals surface area contributed by atoms with Gasteiger partial charge in [-0.15, -0.1) is 0 Å². The molecule has 8 nitrogen and oxygen atoms in total. The van der Waals surface area contributed by atoms with Crippen molar-refractivity contribution >= 4 is 27.6 Å². The van der Waals surface area contributed by atoms with Gasteiger partial charge in [0.25, 0.3) is 0 Å². The molecule has 138 valence electrons. The number of fused-ring (bicyclic) bond motifs is 1. The summed E-state index contributed by atoms with van der Waals surface area (Å²) in [6.45, 7) is 2.77. The molecule has 4 rings (SSSR count). The van der Waals surface area contributed by atoms with Crippen LogP contribution in [-0.4, -0.2) is 42.6 Å². The SMILES string of the molecule is CC1CN(C(=O)Nc2ccnc(Br)c2F)Cc2c1n[nH]c2-c1ncccn1. The monoisotopic (exact) mass is 431 g/mol. The first-order valence-electron chi connectivity index (χ1n) is 8.25. The number of aromatic amines is 1. The molecule has 0 saturated carbocycles. The number of amides is 2. The lowest BCUT2D eigenvalue weighted by molar-refractivity contribution is 0.201. The Bertz CT molecular complexity index is 994. The van der Waals surface area contributed by atoms with E-state index >= 15 is 0 Å². The molecular formula is C17H15BrFN7O. The van der Waals surface area contributed by atoms with Crippen molar-refractivity contribution in [3.8, 4) is 11.5 Å². The van der Waals surface area contributed by atoms with Crippen LogP contribution >= 0.6 is 15.9 Å². The first-order valence-corrected chi connectivity index (χ1v) is 9.04. The normalized spacial score (nSPS) is 16.1. The Kier molecular flexibility index (Phi) is 4.56. The van der Waals surface area contributed by atoms with E-state index in [0.717, 1.165) is 11.3 Å². The average Bonchev–Trinajstić information content (AvgIpc) is 3.11. The fourth-order valence-corrected chi connectivity index (χ4v) is 3.43. The average molecular weight is 432 g/mol. The molecule has 0 aromatic carbocycles. The van der Waals surface area contributed by atoms with Crippen LogP contribution < -0.4 is 5.32 Å². The molecule has 0 radical (unpaired) electrons. The fraction of sp³-hybridized carbons (Fsp3) is 0.235. The zero-order valence-electron chi connectivity index (χ0n) is 14.3. The van der Waals surface area contributed by atoms with Crippen LogP contribution in [0.15, 0.2) is 35.3 Å². The molecule has 0 spiro atoms. The third kappa shape index (κ3) is 3.27. The van der Waals surface area contributed by atoms with E-state index in [0.29, 0.717) is 24.6 Å². The van der Waals surface area contributed by atoms with Gasteiger partial charge in [-0.25, -0.2) is 24.1 Å². The summed E-state index contributed by atoms with van der Waals surface area (Å²) in [7, 11) is 0. The van der Waals surface area contributed by atoms with E-state index in [9.17, 15) is 9.18 Å². The van der Waals surface area contributed by atoms with Crippen molar-refractivity contribution < 1.29 is 9.18 Å². The Morgan fingerprint density at radius 3 is 2.89 bits per heavy atom.